The van der Waals surface area contributed by atoms with Crippen LogP contribution in [-0.4, -0.2) is 30.8 Å². The second-order valence-electron chi connectivity index (χ2n) is 7.34. The lowest BCUT2D eigenvalue weighted by Gasteiger charge is -2.09. The van der Waals surface area contributed by atoms with E-state index in [-0.39, 0.29) is 17.1 Å². The molecule has 33 heavy (non-hydrogen) atoms. The van der Waals surface area contributed by atoms with Crippen molar-refractivity contribution in [2.75, 3.05) is 17.2 Å². The zero-order chi connectivity index (χ0) is 23.4. The van der Waals surface area contributed by atoms with Crippen molar-refractivity contribution in [3.8, 4) is 0 Å². The van der Waals surface area contributed by atoms with Crippen LogP contribution < -0.4 is 15.4 Å². The summed E-state index contributed by atoms with van der Waals surface area (Å²) in [4.78, 5) is 28.2. The van der Waals surface area contributed by atoms with Gasteiger partial charge in [0.15, 0.2) is 5.13 Å². The fourth-order valence-electron chi connectivity index (χ4n) is 3.39. The fourth-order valence-corrected chi connectivity index (χ4v) is 5.46. The Kier molecular flexibility index (Phi) is 6.72. The number of thiazole rings is 1. The van der Waals surface area contributed by atoms with Gasteiger partial charge in [-0.05, 0) is 49.9 Å². The standard InChI is InChI=1S/C20H21N5O6S2/c26-19(24-20-23-16-5-1-2-6-18(16)32-20)12-22-33(29,30)14-7-8-15(17(10-14)25(27)28)21-11-13-4-3-9-31-13/h3-4,7-10,21-22H,1-2,5-6,11-12H2,(H,23,24,26). The summed E-state index contributed by atoms with van der Waals surface area (Å²) in [6, 6.07) is 6.86. The Morgan fingerprint density at radius 3 is 2.79 bits per heavy atom. The minimum Gasteiger partial charge on any atom is -0.467 e. The van der Waals surface area contributed by atoms with E-state index in [0.717, 1.165) is 42.3 Å². The Morgan fingerprint density at radius 2 is 2.06 bits per heavy atom. The number of hydrogen-bond acceptors (Lipinski definition) is 9. The third-order valence-corrected chi connectivity index (χ3v) is 7.50. The van der Waals surface area contributed by atoms with Crippen LogP contribution in [0.4, 0.5) is 16.5 Å². The fraction of sp³-hybridized carbons (Fsp3) is 0.300. The van der Waals surface area contributed by atoms with Crippen LogP contribution in [0, 0.1) is 10.1 Å². The summed E-state index contributed by atoms with van der Waals surface area (Å²) in [6.07, 6.45) is 5.44. The second kappa shape index (κ2) is 9.68. The van der Waals surface area contributed by atoms with E-state index in [1.54, 1.807) is 12.1 Å². The first kappa shape index (κ1) is 22.9. The average Bonchev–Trinajstić information content (AvgIpc) is 3.45. The summed E-state index contributed by atoms with van der Waals surface area (Å²) >= 11 is 1.39. The number of nitrogens with one attached hydrogen (secondary N) is 3. The molecule has 0 unspecified atom stereocenters. The summed E-state index contributed by atoms with van der Waals surface area (Å²) in [5, 5.41) is 17.4. The molecule has 2 heterocycles. The molecule has 0 bridgehead atoms. The molecule has 0 saturated carbocycles. The number of furan rings is 1. The van der Waals surface area contributed by atoms with Gasteiger partial charge in [0.2, 0.25) is 15.9 Å². The number of fused-ring (bicyclic) bond motifs is 1. The Hall–Kier alpha value is -3.29. The van der Waals surface area contributed by atoms with Crippen molar-refractivity contribution in [1.82, 2.24) is 9.71 Å². The molecule has 0 fully saturated rings. The van der Waals surface area contributed by atoms with Crippen LogP contribution in [0.2, 0.25) is 0 Å². The van der Waals surface area contributed by atoms with E-state index >= 15 is 0 Å². The number of nitro groups is 1. The van der Waals surface area contributed by atoms with Crippen molar-refractivity contribution in [1.29, 1.82) is 0 Å². The minimum atomic E-state index is -4.16. The normalized spacial score (nSPS) is 13.3. The highest BCUT2D eigenvalue weighted by Gasteiger charge is 2.23. The first-order valence-corrected chi connectivity index (χ1v) is 12.4. The predicted octanol–water partition coefficient (Wildman–Crippen LogP) is 3.05. The molecule has 0 aliphatic heterocycles. The Labute approximate surface area is 193 Å². The first-order chi connectivity index (χ1) is 15.8. The molecule has 174 valence electrons. The van der Waals surface area contributed by atoms with E-state index in [4.69, 9.17) is 4.42 Å². The van der Waals surface area contributed by atoms with Crippen LogP contribution >= 0.6 is 11.3 Å². The van der Waals surface area contributed by atoms with Gasteiger partial charge in [0.25, 0.3) is 5.69 Å². The highest BCUT2D eigenvalue weighted by atomic mass is 32.2. The molecule has 0 saturated heterocycles. The molecule has 1 aromatic carbocycles. The van der Waals surface area contributed by atoms with Gasteiger partial charge in [-0.25, -0.2) is 18.1 Å². The molecule has 1 aliphatic carbocycles. The van der Waals surface area contributed by atoms with Gasteiger partial charge in [0.05, 0.1) is 34.9 Å². The number of benzene rings is 1. The maximum atomic E-state index is 12.6. The van der Waals surface area contributed by atoms with Crippen molar-refractivity contribution < 1.29 is 22.6 Å². The largest absolute Gasteiger partial charge is 0.467 e. The number of aromatic nitrogens is 1. The van der Waals surface area contributed by atoms with E-state index in [2.05, 4.69) is 20.3 Å². The highest BCUT2D eigenvalue weighted by Crippen LogP contribution is 2.30. The average molecular weight is 492 g/mol. The summed E-state index contributed by atoms with van der Waals surface area (Å²) < 4.78 is 32.6. The molecule has 1 amide bonds. The zero-order valence-electron chi connectivity index (χ0n) is 17.4. The van der Waals surface area contributed by atoms with Gasteiger partial charge in [-0.3, -0.25) is 14.9 Å². The minimum absolute atomic E-state index is 0.140. The molecule has 0 atom stereocenters. The molecule has 3 aromatic rings. The lowest BCUT2D eigenvalue weighted by atomic mass is 10.0. The molecular formula is C20H21N5O6S2. The lowest BCUT2D eigenvalue weighted by Crippen LogP contribution is -2.33. The van der Waals surface area contributed by atoms with Crippen molar-refractivity contribution in [3.05, 3.63) is 63.0 Å². The third kappa shape index (κ3) is 5.56. The van der Waals surface area contributed by atoms with Crippen LogP contribution in [0.15, 0.2) is 45.9 Å². The van der Waals surface area contributed by atoms with E-state index in [1.807, 2.05) is 0 Å². The SMILES string of the molecule is O=C(CNS(=O)(=O)c1ccc(NCc2ccco2)c([N+](=O)[O-])c1)Nc1nc2c(s1)CCCC2. The number of hydrogen-bond donors (Lipinski definition) is 3. The molecule has 2 aromatic heterocycles. The summed E-state index contributed by atoms with van der Waals surface area (Å²) in [6.45, 7) is -0.336. The molecule has 13 heteroatoms. The van der Waals surface area contributed by atoms with E-state index < -0.39 is 33.1 Å². The Balaban J connectivity index is 1.40. The number of anilines is 2. The van der Waals surface area contributed by atoms with E-state index in [1.165, 1.54) is 29.7 Å². The van der Waals surface area contributed by atoms with Crippen LogP contribution in [0.5, 0.6) is 0 Å². The quantitative estimate of drug-likeness (QED) is 0.304. The van der Waals surface area contributed by atoms with Crippen molar-refractivity contribution in [2.24, 2.45) is 0 Å². The zero-order valence-corrected chi connectivity index (χ0v) is 19.0. The number of carbonyl (C=O) groups is 1. The molecule has 4 rings (SSSR count). The van der Waals surface area contributed by atoms with Crippen molar-refractivity contribution in [3.63, 3.8) is 0 Å². The smallest absolute Gasteiger partial charge is 0.293 e. The van der Waals surface area contributed by atoms with Crippen molar-refractivity contribution >= 4 is 43.8 Å². The number of nitrogens with zero attached hydrogens (tertiary/aromatic N) is 2. The van der Waals surface area contributed by atoms with Crippen LogP contribution in [-0.2, 0) is 34.2 Å². The lowest BCUT2D eigenvalue weighted by molar-refractivity contribution is -0.384. The Bertz CT molecular complexity index is 1250. The van der Waals surface area contributed by atoms with E-state index in [9.17, 15) is 23.3 Å². The maximum Gasteiger partial charge on any atom is 0.293 e. The molecule has 3 N–H and O–H groups in total. The van der Waals surface area contributed by atoms with Gasteiger partial charge in [-0.1, -0.05) is 0 Å². The number of nitro benzene ring substituents is 1. The number of carbonyl (C=O) groups excluding carboxylic acids is 1. The predicted molar refractivity (Wildman–Crippen MR) is 122 cm³/mol. The van der Waals surface area contributed by atoms with E-state index in [0.29, 0.717) is 10.9 Å². The van der Waals surface area contributed by atoms with Gasteiger partial charge in [-0.15, -0.1) is 11.3 Å². The maximum absolute atomic E-state index is 12.6. The highest BCUT2D eigenvalue weighted by molar-refractivity contribution is 7.89. The first-order valence-electron chi connectivity index (χ1n) is 10.1. The number of sulfonamides is 1. The second-order valence-corrected chi connectivity index (χ2v) is 10.2. The van der Waals surface area contributed by atoms with Crippen LogP contribution in [0.1, 0.15) is 29.2 Å². The van der Waals surface area contributed by atoms with Crippen LogP contribution in [0.25, 0.3) is 0 Å². The van der Waals surface area contributed by atoms with Gasteiger partial charge < -0.3 is 15.1 Å². The van der Waals surface area contributed by atoms with Gasteiger partial charge >= 0.3 is 0 Å². The monoisotopic (exact) mass is 491 g/mol. The van der Waals surface area contributed by atoms with Crippen LogP contribution in [0.3, 0.4) is 0 Å². The van der Waals surface area contributed by atoms with Gasteiger partial charge in [0.1, 0.15) is 11.4 Å². The number of amides is 1. The Morgan fingerprint density at radius 1 is 1.24 bits per heavy atom. The summed E-state index contributed by atoms with van der Waals surface area (Å²) in [5.41, 5.74) is 0.707. The molecular weight excluding hydrogens is 470 g/mol. The molecule has 11 nitrogen and oxygen atoms in total. The summed E-state index contributed by atoms with van der Waals surface area (Å²) in [7, 11) is -4.16. The summed E-state index contributed by atoms with van der Waals surface area (Å²) in [5.74, 6) is -0.00864. The molecule has 0 radical (unpaired) electrons. The molecule has 0 spiro atoms. The van der Waals surface area contributed by atoms with Gasteiger partial charge in [-0.2, -0.15) is 0 Å². The topological polar surface area (TPSA) is 156 Å². The van der Waals surface area contributed by atoms with Gasteiger partial charge in [0, 0.05) is 10.9 Å². The number of rotatable bonds is 9. The number of aryl methyl sites for hydroxylation is 2. The van der Waals surface area contributed by atoms with Crippen molar-refractivity contribution in [2.45, 2.75) is 37.1 Å². The molecule has 1 aliphatic rings. The third-order valence-electron chi connectivity index (χ3n) is 5.02.